The normalized spacial score (nSPS) is 11.4. The predicted molar refractivity (Wildman–Crippen MR) is 74.9 cm³/mol. The molecule has 0 aliphatic rings. The quantitative estimate of drug-likeness (QED) is 0.683. The minimum Gasteiger partial charge on any atom is -0.461 e. The number of hydrogen-bond donors (Lipinski definition) is 0. The fraction of sp³-hybridized carbons (Fsp3) is 0.714. The Kier molecular flexibility index (Phi) is 6.51. The molecule has 0 aliphatic heterocycles. The smallest absolute Gasteiger partial charge is 0.394 e. The first-order valence-electron chi connectivity index (χ1n) is 6.96. The summed E-state index contributed by atoms with van der Waals surface area (Å²) in [6.45, 7) is 11.8. The van der Waals surface area contributed by atoms with Gasteiger partial charge in [-0.1, -0.05) is 0 Å². The maximum absolute atomic E-state index is 11.4. The number of nitrogens with zero attached hydrogens (tertiary/aromatic N) is 2. The molecule has 0 atom stereocenters. The molecule has 0 N–H and O–H groups in total. The number of carbonyl (C=O) groups is 1. The van der Waals surface area contributed by atoms with Gasteiger partial charge in [0.15, 0.2) is 5.69 Å². The molecule has 0 saturated carbocycles. The van der Waals surface area contributed by atoms with Crippen LogP contribution in [0, 0.1) is 0 Å². The molecule has 1 aromatic heterocycles. The third-order valence-corrected chi connectivity index (χ3v) is 2.87. The number of rotatable bonds is 8. The Morgan fingerprint density at radius 3 is 2.55 bits per heavy atom. The lowest BCUT2D eigenvalue weighted by atomic mass is 10.2. The molecule has 114 valence electrons. The fourth-order valence-electron chi connectivity index (χ4n) is 1.97. The van der Waals surface area contributed by atoms with E-state index in [1.807, 2.05) is 0 Å². The molecule has 6 nitrogen and oxygen atoms in total. The molecular weight excluding hydrogens is 260 g/mol. The average molecular weight is 284 g/mol. The molecule has 0 fully saturated rings. The highest BCUT2D eigenvalue weighted by Gasteiger charge is 2.16. The summed E-state index contributed by atoms with van der Waals surface area (Å²) in [4.78, 5) is 17.6. The van der Waals surface area contributed by atoms with Gasteiger partial charge in [-0.3, -0.25) is 4.90 Å². The highest BCUT2D eigenvalue weighted by molar-refractivity contribution is 5.86. The van der Waals surface area contributed by atoms with Gasteiger partial charge in [-0.05, 0) is 34.6 Å². The van der Waals surface area contributed by atoms with Gasteiger partial charge in [-0.15, -0.1) is 0 Å². The summed E-state index contributed by atoms with van der Waals surface area (Å²) >= 11 is 0. The van der Waals surface area contributed by atoms with Crippen LogP contribution in [0.15, 0.2) is 10.7 Å². The maximum Gasteiger partial charge on any atom is 0.394 e. The second-order valence-electron chi connectivity index (χ2n) is 4.99. The van der Waals surface area contributed by atoms with Crippen molar-refractivity contribution in [3.05, 3.63) is 12.0 Å². The lowest BCUT2D eigenvalue weighted by Crippen LogP contribution is -2.39. The number of ether oxygens (including phenoxy) is 2. The Bertz CT molecular complexity index is 407. The van der Waals surface area contributed by atoms with Crippen molar-refractivity contribution in [1.29, 1.82) is 0 Å². The van der Waals surface area contributed by atoms with Gasteiger partial charge in [0, 0.05) is 18.6 Å². The number of aromatic nitrogens is 1. The van der Waals surface area contributed by atoms with Crippen LogP contribution in [0.4, 0.5) is 0 Å². The SMILES string of the molecule is CCOC(=O)c1coc(OCCN(C(C)C)C(C)C)n1. The molecule has 1 heterocycles. The molecular formula is C14H24N2O4. The van der Waals surface area contributed by atoms with Crippen molar-refractivity contribution < 1.29 is 18.7 Å². The summed E-state index contributed by atoms with van der Waals surface area (Å²) in [5.41, 5.74) is 0.131. The third kappa shape index (κ3) is 4.85. The summed E-state index contributed by atoms with van der Waals surface area (Å²) in [5, 5.41) is 0. The Labute approximate surface area is 120 Å². The molecule has 1 aromatic rings. The molecule has 6 heteroatoms. The molecule has 0 unspecified atom stereocenters. The van der Waals surface area contributed by atoms with E-state index in [0.717, 1.165) is 6.54 Å². The molecule has 0 amide bonds. The summed E-state index contributed by atoms with van der Waals surface area (Å²) < 4.78 is 15.3. The zero-order chi connectivity index (χ0) is 15.1. The largest absolute Gasteiger partial charge is 0.461 e. The van der Waals surface area contributed by atoms with Crippen LogP contribution in [-0.2, 0) is 4.74 Å². The van der Waals surface area contributed by atoms with Crippen LogP contribution in [0.5, 0.6) is 6.08 Å². The van der Waals surface area contributed by atoms with Crippen LogP contribution in [-0.4, -0.2) is 47.7 Å². The van der Waals surface area contributed by atoms with Crippen molar-refractivity contribution in [2.45, 2.75) is 46.7 Å². The summed E-state index contributed by atoms with van der Waals surface area (Å²) in [5.74, 6) is -0.503. The highest BCUT2D eigenvalue weighted by Crippen LogP contribution is 2.12. The van der Waals surface area contributed by atoms with Crippen LogP contribution < -0.4 is 4.74 Å². The molecule has 0 radical (unpaired) electrons. The molecule has 0 spiro atoms. The van der Waals surface area contributed by atoms with E-state index < -0.39 is 5.97 Å². The van der Waals surface area contributed by atoms with Crippen LogP contribution in [0.3, 0.4) is 0 Å². The van der Waals surface area contributed by atoms with Gasteiger partial charge in [0.25, 0.3) is 0 Å². The zero-order valence-electron chi connectivity index (χ0n) is 12.9. The summed E-state index contributed by atoms with van der Waals surface area (Å²) in [7, 11) is 0. The average Bonchev–Trinajstić information content (AvgIpc) is 2.82. The Morgan fingerprint density at radius 1 is 1.35 bits per heavy atom. The van der Waals surface area contributed by atoms with Crippen LogP contribution in [0.1, 0.15) is 45.1 Å². The van der Waals surface area contributed by atoms with E-state index in [-0.39, 0.29) is 11.8 Å². The second kappa shape index (κ2) is 7.89. The van der Waals surface area contributed by atoms with Crippen molar-refractivity contribution in [3.8, 4) is 6.08 Å². The molecule has 20 heavy (non-hydrogen) atoms. The van der Waals surface area contributed by atoms with Crippen LogP contribution in [0.2, 0.25) is 0 Å². The van der Waals surface area contributed by atoms with E-state index in [4.69, 9.17) is 13.9 Å². The predicted octanol–water partition coefficient (Wildman–Crippen LogP) is 2.35. The van der Waals surface area contributed by atoms with Gasteiger partial charge < -0.3 is 13.9 Å². The first-order chi connectivity index (χ1) is 9.45. The molecule has 0 aromatic carbocycles. The van der Waals surface area contributed by atoms with E-state index in [0.29, 0.717) is 25.3 Å². The minimum atomic E-state index is -0.503. The second-order valence-corrected chi connectivity index (χ2v) is 4.99. The van der Waals surface area contributed by atoms with Gasteiger partial charge >= 0.3 is 12.0 Å². The Morgan fingerprint density at radius 2 is 2.00 bits per heavy atom. The number of esters is 1. The first kappa shape index (κ1) is 16.5. The standard InChI is InChI=1S/C14H24N2O4/c1-6-18-13(17)12-9-20-14(15-12)19-8-7-16(10(2)3)11(4)5/h9-11H,6-8H2,1-5H3. The lowest BCUT2D eigenvalue weighted by Gasteiger charge is -2.29. The van der Waals surface area contributed by atoms with Gasteiger partial charge in [-0.2, -0.15) is 4.98 Å². The van der Waals surface area contributed by atoms with Crippen molar-refractivity contribution in [3.63, 3.8) is 0 Å². The molecule has 0 bridgehead atoms. The first-order valence-corrected chi connectivity index (χ1v) is 6.96. The molecule has 1 rings (SSSR count). The monoisotopic (exact) mass is 284 g/mol. The summed E-state index contributed by atoms with van der Waals surface area (Å²) in [6.07, 6.45) is 1.34. The van der Waals surface area contributed by atoms with Gasteiger partial charge in [0.2, 0.25) is 0 Å². The van der Waals surface area contributed by atoms with Gasteiger partial charge in [0.1, 0.15) is 12.9 Å². The Hall–Kier alpha value is -1.56. The fourth-order valence-corrected chi connectivity index (χ4v) is 1.97. The van der Waals surface area contributed by atoms with E-state index in [9.17, 15) is 4.79 Å². The zero-order valence-corrected chi connectivity index (χ0v) is 12.9. The molecule has 0 aliphatic carbocycles. The third-order valence-electron chi connectivity index (χ3n) is 2.87. The van der Waals surface area contributed by atoms with E-state index in [1.54, 1.807) is 6.92 Å². The lowest BCUT2D eigenvalue weighted by molar-refractivity contribution is 0.0519. The minimum absolute atomic E-state index is 0.0977. The van der Waals surface area contributed by atoms with E-state index in [2.05, 4.69) is 37.6 Å². The topological polar surface area (TPSA) is 64.8 Å². The molecule has 0 saturated heterocycles. The van der Waals surface area contributed by atoms with Gasteiger partial charge in [0.05, 0.1) is 6.61 Å². The van der Waals surface area contributed by atoms with Crippen LogP contribution in [0.25, 0.3) is 0 Å². The summed E-state index contributed by atoms with van der Waals surface area (Å²) in [6, 6.07) is 0.886. The van der Waals surface area contributed by atoms with E-state index in [1.165, 1.54) is 6.26 Å². The van der Waals surface area contributed by atoms with Gasteiger partial charge in [-0.25, -0.2) is 4.79 Å². The van der Waals surface area contributed by atoms with Crippen molar-refractivity contribution in [1.82, 2.24) is 9.88 Å². The van der Waals surface area contributed by atoms with Crippen molar-refractivity contribution in [2.75, 3.05) is 19.8 Å². The number of oxazole rings is 1. The van der Waals surface area contributed by atoms with Crippen molar-refractivity contribution in [2.24, 2.45) is 0 Å². The van der Waals surface area contributed by atoms with E-state index >= 15 is 0 Å². The number of hydrogen-bond acceptors (Lipinski definition) is 6. The van der Waals surface area contributed by atoms with Crippen molar-refractivity contribution >= 4 is 5.97 Å². The Balaban J connectivity index is 2.44. The number of carbonyl (C=O) groups excluding carboxylic acids is 1. The maximum atomic E-state index is 11.4. The highest BCUT2D eigenvalue weighted by atomic mass is 16.6. The van der Waals surface area contributed by atoms with Crippen LogP contribution >= 0.6 is 0 Å².